The Kier molecular flexibility index (Phi) is 9.07. The number of hydrogen-bond donors (Lipinski definition) is 3. The first-order valence-electron chi connectivity index (χ1n) is 13.7. The van der Waals surface area contributed by atoms with Crippen molar-refractivity contribution >= 4 is 11.9 Å². The van der Waals surface area contributed by atoms with Crippen LogP contribution in [0.4, 0.5) is 19.1 Å². The zero-order valence-electron chi connectivity index (χ0n) is 23.2. The number of nitrogens with zero attached hydrogens (tertiary/aromatic N) is 3. The lowest BCUT2D eigenvalue weighted by atomic mass is 9.85. The molecule has 5 aliphatic rings. The van der Waals surface area contributed by atoms with E-state index in [1.54, 1.807) is 24.3 Å². The Bertz CT molecular complexity index is 1350. The Labute approximate surface area is 241 Å². The second-order valence-electron chi connectivity index (χ2n) is 10.9. The maximum absolute atomic E-state index is 12.9. The molecule has 224 valence electrons. The third-order valence-corrected chi connectivity index (χ3v) is 6.95. The van der Waals surface area contributed by atoms with E-state index in [2.05, 4.69) is 37.8 Å². The number of anilines is 1. The van der Waals surface area contributed by atoms with Gasteiger partial charge in [0.2, 0.25) is 5.95 Å². The standard InChI is InChI=1S/C29H33F3N6O4/c1-19-11-33-14-28(16-40-17-28)15-35-25(39)22-6-2-20(3-7-22)10-24-36-26(38-27(37-24)42-18-29(30,31)32)34-12-21-4-8-23(9-5-21)41-13-19/h2-9,19,33H,10-18H2,1H3,(H,35,39)(H,34,36,37,38)/t19-/m0/s1. The molecule has 2 aromatic carbocycles. The minimum atomic E-state index is -4.54. The summed E-state index contributed by atoms with van der Waals surface area (Å²) in [5, 5.41) is 9.56. The van der Waals surface area contributed by atoms with Gasteiger partial charge in [-0.2, -0.15) is 28.1 Å². The number of amides is 1. The smallest absolute Gasteiger partial charge is 0.422 e. The lowest BCUT2D eigenvalue weighted by Crippen LogP contribution is -2.56. The van der Waals surface area contributed by atoms with Gasteiger partial charge in [-0.3, -0.25) is 4.79 Å². The van der Waals surface area contributed by atoms with E-state index in [4.69, 9.17) is 14.2 Å². The normalized spacial score (nSPS) is 19.6. The molecule has 1 saturated heterocycles. The molecule has 0 aliphatic carbocycles. The molecule has 13 heteroatoms. The molecule has 0 saturated carbocycles. The van der Waals surface area contributed by atoms with Gasteiger partial charge in [0.25, 0.3) is 5.91 Å². The van der Waals surface area contributed by atoms with E-state index in [1.165, 1.54) is 0 Å². The number of ether oxygens (including phenoxy) is 3. The quantitative estimate of drug-likeness (QED) is 0.415. The summed E-state index contributed by atoms with van der Waals surface area (Å²) >= 11 is 0. The van der Waals surface area contributed by atoms with Gasteiger partial charge in [0.15, 0.2) is 6.61 Å². The van der Waals surface area contributed by atoms with Gasteiger partial charge < -0.3 is 30.2 Å². The van der Waals surface area contributed by atoms with Crippen molar-refractivity contribution in [2.24, 2.45) is 11.3 Å². The highest BCUT2D eigenvalue weighted by Gasteiger charge is 2.38. The number of nitrogens with one attached hydrogen (secondary N) is 3. The van der Waals surface area contributed by atoms with Crippen LogP contribution in [0.15, 0.2) is 48.5 Å². The molecule has 6 heterocycles. The van der Waals surface area contributed by atoms with Crippen LogP contribution in [0, 0.1) is 11.3 Å². The number of hydrogen-bond acceptors (Lipinski definition) is 9. The summed E-state index contributed by atoms with van der Waals surface area (Å²) in [6, 6.07) is 14.0. The summed E-state index contributed by atoms with van der Waals surface area (Å²) in [5.41, 5.74) is 1.97. The molecular weight excluding hydrogens is 553 g/mol. The molecule has 10 nitrogen and oxygen atoms in total. The fourth-order valence-corrected chi connectivity index (χ4v) is 4.52. The Hall–Kier alpha value is -3.97. The minimum Gasteiger partial charge on any atom is -0.493 e. The van der Waals surface area contributed by atoms with Crippen LogP contribution in [0.5, 0.6) is 11.8 Å². The van der Waals surface area contributed by atoms with E-state index < -0.39 is 18.8 Å². The number of halogens is 3. The van der Waals surface area contributed by atoms with Crippen LogP contribution >= 0.6 is 0 Å². The zero-order chi connectivity index (χ0) is 29.6. The van der Waals surface area contributed by atoms with Crippen LogP contribution in [0.1, 0.15) is 34.2 Å². The number of aromatic nitrogens is 3. The van der Waals surface area contributed by atoms with Crippen molar-refractivity contribution < 1.29 is 32.2 Å². The van der Waals surface area contributed by atoms with E-state index in [1.807, 2.05) is 24.3 Å². The second kappa shape index (κ2) is 12.9. The van der Waals surface area contributed by atoms with Crippen molar-refractivity contribution in [3.8, 4) is 11.8 Å². The fourth-order valence-electron chi connectivity index (χ4n) is 4.52. The van der Waals surface area contributed by atoms with Gasteiger partial charge in [0, 0.05) is 49.5 Å². The maximum Gasteiger partial charge on any atom is 0.422 e. The van der Waals surface area contributed by atoms with Crippen molar-refractivity contribution in [1.29, 1.82) is 0 Å². The van der Waals surface area contributed by atoms with Crippen molar-refractivity contribution in [3.05, 3.63) is 71.0 Å². The molecule has 3 N–H and O–H groups in total. The van der Waals surface area contributed by atoms with Gasteiger partial charge >= 0.3 is 12.2 Å². The van der Waals surface area contributed by atoms with Crippen LogP contribution in [-0.4, -0.2) is 73.1 Å². The summed E-state index contributed by atoms with van der Waals surface area (Å²) in [6.07, 6.45) is -4.35. The van der Waals surface area contributed by atoms with Gasteiger partial charge in [0.1, 0.15) is 11.6 Å². The van der Waals surface area contributed by atoms with E-state index in [9.17, 15) is 18.0 Å². The zero-order valence-corrected chi connectivity index (χ0v) is 23.2. The number of carbonyl (C=O) groups is 1. The van der Waals surface area contributed by atoms with Crippen molar-refractivity contribution in [2.45, 2.75) is 26.1 Å². The molecular formula is C29H33F3N6O4. The fraction of sp³-hybridized carbons (Fsp3) is 0.448. The van der Waals surface area contributed by atoms with E-state index in [0.29, 0.717) is 45.0 Å². The molecule has 5 aliphatic heterocycles. The largest absolute Gasteiger partial charge is 0.493 e. The molecule has 0 radical (unpaired) electrons. The van der Waals surface area contributed by atoms with Crippen molar-refractivity contribution in [3.63, 3.8) is 0 Å². The lowest BCUT2D eigenvalue weighted by Gasteiger charge is -2.42. The summed E-state index contributed by atoms with van der Waals surface area (Å²) in [7, 11) is 0. The molecule has 1 fully saturated rings. The Balaban J connectivity index is 1.37. The average Bonchev–Trinajstić information content (AvgIpc) is 2.95. The monoisotopic (exact) mass is 586 g/mol. The summed E-state index contributed by atoms with van der Waals surface area (Å²) < 4.78 is 54.6. The van der Waals surface area contributed by atoms with Gasteiger partial charge in [-0.15, -0.1) is 0 Å². The number of carbonyl (C=O) groups excluding carboxylic acids is 1. The highest BCUT2D eigenvalue weighted by atomic mass is 19.4. The van der Waals surface area contributed by atoms with E-state index >= 15 is 0 Å². The van der Waals surface area contributed by atoms with E-state index in [0.717, 1.165) is 23.4 Å². The average molecular weight is 587 g/mol. The number of alkyl halides is 3. The number of rotatable bonds is 2. The molecule has 0 unspecified atom stereocenters. The SMILES string of the molecule is C[C@H]1CNCC2(CNC(=O)c3ccc(cc3)Cc3nc(nc(OCC(F)(F)F)n3)NCc3ccc(cc3)OC1)COC2. The third kappa shape index (κ3) is 8.29. The van der Waals surface area contributed by atoms with Crippen LogP contribution in [0.2, 0.25) is 0 Å². The molecule has 1 amide bonds. The first-order chi connectivity index (χ1) is 20.1. The molecule has 1 spiro atoms. The first-order valence-corrected chi connectivity index (χ1v) is 13.7. The predicted molar refractivity (Wildman–Crippen MR) is 148 cm³/mol. The van der Waals surface area contributed by atoms with Gasteiger partial charge in [-0.05, 0) is 35.4 Å². The Morgan fingerprint density at radius 2 is 1.71 bits per heavy atom. The van der Waals surface area contributed by atoms with E-state index in [-0.39, 0.29) is 35.4 Å². The summed E-state index contributed by atoms with van der Waals surface area (Å²) in [4.78, 5) is 25.3. The van der Waals surface area contributed by atoms with Gasteiger partial charge in [0.05, 0.1) is 19.8 Å². The topological polar surface area (TPSA) is 120 Å². The molecule has 1 aromatic heterocycles. The molecule has 1 atom stereocenters. The van der Waals surface area contributed by atoms with Crippen molar-refractivity contribution in [1.82, 2.24) is 25.6 Å². The Morgan fingerprint density at radius 1 is 0.976 bits per heavy atom. The highest BCUT2D eigenvalue weighted by Crippen LogP contribution is 2.26. The van der Waals surface area contributed by atoms with Gasteiger partial charge in [-0.1, -0.05) is 31.2 Å². The molecule has 6 bridgehead atoms. The lowest BCUT2D eigenvalue weighted by molar-refractivity contribution is -0.154. The maximum atomic E-state index is 12.9. The molecule has 8 rings (SSSR count). The van der Waals surface area contributed by atoms with Crippen molar-refractivity contribution in [2.75, 3.05) is 51.4 Å². The van der Waals surface area contributed by atoms with Crippen LogP contribution in [0.3, 0.4) is 0 Å². The summed E-state index contributed by atoms with van der Waals surface area (Å²) in [6.45, 7) is 4.47. The van der Waals surface area contributed by atoms with Crippen LogP contribution in [-0.2, 0) is 17.7 Å². The first kappa shape index (κ1) is 29.5. The van der Waals surface area contributed by atoms with Crippen LogP contribution in [0.25, 0.3) is 0 Å². The molecule has 3 aromatic rings. The second-order valence-corrected chi connectivity index (χ2v) is 10.9. The molecule has 42 heavy (non-hydrogen) atoms. The van der Waals surface area contributed by atoms with Crippen LogP contribution < -0.4 is 25.4 Å². The van der Waals surface area contributed by atoms with Gasteiger partial charge in [-0.25, -0.2) is 0 Å². The summed E-state index contributed by atoms with van der Waals surface area (Å²) in [5.74, 6) is 1.06. The highest BCUT2D eigenvalue weighted by molar-refractivity contribution is 5.94. The third-order valence-electron chi connectivity index (χ3n) is 6.95. The Morgan fingerprint density at radius 3 is 2.40 bits per heavy atom. The predicted octanol–water partition coefficient (Wildman–Crippen LogP) is 3.38. The number of benzene rings is 2. The minimum absolute atomic E-state index is 0.0817.